The highest BCUT2D eigenvalue weighted by Gasteiger charge is 2.06. The van der Waals surface area contributed by atoms with Gasteiger partial charge in [0.2, 0.25) is 0 Å². The van der Waals surface area contributed by atoms with E-state index in [1.165, 1.54) is 16.3 Å². The van der Waals surface area contributed by atoms with E-state index >= 15 is 0 Å². The Morgan fingerprint density at radius 3 is 2.65 bits per heavy atom. The Kier molecular flexibility index (Phi) is 4.47. The molecule has 0 bridgehead atoms. The second kappa shape index (κ2) is 7.23. The fraction of sp³-hybridized carbons (Fsp3) is 0.150. The van der Waals surface area contributed by atoms with Crippen LogP contribution in [-0.2, 0) is 13.1 Å². The van der Waals surface area contributed by atoms with Gasteiger partial charge in [-0.05, 0) is 28.5 Å². The maximum atomic E-state index is 4.30. The van der Waals surface area contributed by atoms with Gasteiger partial charge in [-0.3, -0.25) is 9.39 Å². The highest BCUT2D eigenvalue weighted by Crippen LogP contribution is 2.18. The summed E-state index contributed by atoms with van der Waals surface area (Å²) in [5.41, 5.74) is 2.07. The van der Waals surface area contributed by atoms with Crippen molar-refractivity contribution in [3.63, 3.8) is 0 Å². The van der Waals surface area contributed by atoms with Crippen LogP contribution in [0.3, 0.4) is 0 Å². The van der Waals surface area contributed by atoms with Crippen LogP contribution in [-0.4, -0.2) is 27.6 Å². The maximum absolute atomic E-state index is 4.30. The Morgan fingerprint density at radius 1 is 0.923 bits per heavy atom. The molecule has 6 nitrogen and oxygen atoms in total. The van der Waals surface area contributed by atoms with E-state index in [1.807, 2.05) is 28.8 Å². The molecule has 130 valence electrons. The summed E-state index contributed by atoms with van der Waals surface area (Å²) >= 11 is 0. The quantitative estimate of drug-likeness (QED) is 0.441. The third kappa shape index (κ3) is 3.21. The molecule has 2 aromatic carbocycles. The molecule has 0 amide bonds. The van der Waals surface area contributed by atoms with Crippen LogP contribution >= 0.6 is 0 Å². The number of hydrogen-bond acceptors (Lipinski definition) is 3. The fourth-order valence-electron chi connectivity index (χ4n) is 3.02. The van der Waals surface area contributed by atoms with E-state index in [0.717, 1.165) is 17.4 Å². The van der Waals surface area contributed by atoms with Crippen molar-refractivity contribution in [3.8, 4) is 0 Å². The smallest absolute Gasteiger partial charge is 0.191 e. The van der Waals surface area contributed by atoms with Gasteiger partial charge in [-0.15, -0.1) is 10.2 Å². The minimum Gasteiger partial charge on any atom is -0.352 e. The predicted molar refractivity (Wildman–Crippen MR) is 104 cm³/mol. The van der Waals surface area contributed by atoms with Crippen molar-refractivity contribution in [2.75, 3.05) is 7.05 Å². The average Bonchev–Trinajstić information content (AvgIpc) is 3.11. The zero-order chi connectivity index (χ0) is 17.8. The molecule has 0 radical (unpaired) electrons. The largest absolute Gasteiger partial charge is 0.352 e. The van der Waals surface area contributed by atoms with Gasteiger partial charge in [0, 0.05) is 19.8 Å². The monoisotopic (exact) mass is 344 g/mol. The standard InChI is InChI=1S/C20H20N6/c1-21-20(23-14-19-25-24-18-11-4-5-12-26(18)19)22-13-16-9-6-8-15-7-2-3-10-17(15)16/h2-12H,13-14H2,1H3,(H2,21,22,23). The van der Waals surface area contributed by atoms with Crippen LogP contribution in [0.1, 0.15) is 11.4 Å². The van der Waals surface area contributed by atoms with Crippen molar-refractivity contribution in [2.24, 2.45) is 4.99 Å². The molecule has 0 aliphatic carbocycles. The third-order valence-corrected chi connectivity index (χ3v) is 4.35. The highest BCUT2D eigenvalue weighted by atomic mass is 15.3. The molecule has 0 fully saturated rings. The van der Waals surface area contributed by atoms with Crippen molar-refractivity contribution in [2.45, 2.75) is 13.1 Å². The van der Waals surface area contributed by atoms with Crippen LogP contribution < -0.4 is 10.6 Å². The molecule has 0 saturated heterocycles. The summed E-state index contributed by atoms with van der Waals surface area (Å²) in [6.07, 6.45) is 1.96. The number of benzene rings is 2. The Labute approximate surface area is 151 Å². The predicted octanol–water partition coefficient (Wildman–Crippen LogP) is 2.75. The molecule has 0 atom stereocenters. The topological polar surface area (TPSA) is 66.6 Å². The molecule has 2 N–H and O–H groups in total. The fourth-order valence-corrected chi connectivity index (χ4v) is 3.02. The van der Waals surface area contributed by atoms with Crippen LogP contribution in [0.2, 0.25) is 0 Å². The van der Waals surface area contributed by atoms with E-state index in [2.05, 4.69) is 68.3 Å². The van der Waals surface area contributed by atoms with Gasteiger partial charge in [0.05, 0.1) is 6.54 Å². The molecule has 6 heteroatoms. The normalized spacial score (nSPS) is 11.8. The first-order chi connectivity index (χ1) is 12.8. The SMILES string of the molecule is CN=C(NCc1cccc2ccccc12)NCc1nnc2ccccn12. The molecule has 2 heterocycles. The highest BCUT2D eigenvalue weighted by molar-refractivity contribution is 5.86. The van der Waals surface area contributed by atoms with Gasteiger partial charge in [-0.2, -0.15) is 0 Å². The third-order valence-electron chi connectivity index (χ3n) is 4.35. The van der Waals surface area contributed by atoms with E-state index < -0.39 is 0 Å². The molecule has 0 saturated carbocycles. The summed E-state index contributed by atoms with van der Waals surface area (Å²) in [6, 6.07) is 20.6. The van der Waals surface area contributed by atoms with Gasteiger partial charge in [-0.25, -0.2) is 0 Å². The molecule has 4 aromatic rings. The van der Waals surface area contributed by atoms with Crippen molar-refractivity contribution < 1.29 is 0 Å². The van der Waals surface area contributed by atoms with Gasteiger partial charge < -0.3 is 10.6 Å². The lowest BCUT2D eigenvalue weighted by molar-refractivity contribution is 0.764. The second-order valence-corrected chi connectivity index (χ2v) is 5.96. The van der Waals surface area contributed by atoms with E-state index in [-0.39, 0.29) is 0 Å². The van der Waals surface area contributed by atoms with E-state index in [1.54, 1.807) is 7.05 Å². The second-order valence-electron chi connectivity index (χ2n) is 5.96. The molecule has 0 aliphatic heterocycles. The van der Waals surface area contributed by atoms with Crippen LogP contribution in [0.5, 0.6) is 0 Å². The number of nitrogens with zero attached hydrogens (tertiary/aromatic N) is 4. The number of aliphatic imine (C=N–C) groups is 1. The van der Waals surface area contributed by atoms with Gasteiger partial charge in [-0.1, -0.05) is 48.5 Å². The van der Waals surface area contributed by atoms with Gasteiger partial charge in [0.25, 0.3) is 0 Å². The van der Waals surface area contributed by atoms with Crippen LogP contribution in [0.15, 0.2) is 71.9 Å². The minimum absolute atomic E-state index is 0.542. The molecular weight excluding hydrogens is 324 g/mol. The number of pyridine rings is 1. The molecule has 0 aliphatic rings. The Hall–Kier alpha value is -3.41. The molecule has 26 heavy (non-hydrogen) atoms. The maximum Gasteiger partial charge on any atom is 0.191 e. The number of nitrogens with one attached hydrogen (secondary N) is 2. The minimum atomic E-state index is 0.542. The summed E-state index contributed by atoms with van der Waals surface area (Å²) < 4.78 is 1.96. The zero-order valence-electron chi connectivity index (χ0n) is 14.6. The summed E-state index contributed by atoms with van der Waals surface area (Å²) in [5, 5.41) is 17.6. The van der Waals surface area contributed by atoms with E-state index in [4.69, 9.17) is 0 Å². The first-order valence-corrected chi connectivity index (χ1v) is 8.55. The number of fused-ring (bicyclic) bond motifs is 2. The summed E-state index contributed by atoms with van der Waals surface area (Å²) in [5.74, 6) is 1.57. The molecule has 2 aromatic heterocycles. The summed E-state index contributed by atoms with van der Waals surface area (Å²) in [6.45, 7) is 1.24. The van der Waals surface area contributed by atoms with Gasteiger partial charge >= 0.3 is 0 Å². The van der Waals surface area contributed by atoms with E-state index in [0.29, 0.717) is 13.1 Å². The Morgan fingerprint density at radius 2 is 1.73 bits per heavy atom. The van der Waals surface area contributed by atoms with E-state index in [9.17, 15) is 0 Å². The molecule has 4 rings (SSSR count). The Bertz CT molecular complexity index is 1060. The first-order valence-electron chi connectivity index (χ1n) is 8.55. The van der Waals surface area contributed by atoms with Gasteiger partial charge in [0.1, 0.15) is 0 Å². The van der Waals surface area contributed by atoms with Crippen LogP contribution in [0.25, 0.3) is 16.4 Å². The van der Waals surface area contributed by atoms with Crippen LogP contribution in [0, 0.1) is 0 Å². The number of aromatic nitrogens is 3. The van der Waals surface area contributed by atoms with Crippen molar-refractivity contribution in [1.82, 2.24) is 25.2 Å². The number of rotatable bonds is 4. The first kappa shape index (κ1) is 16.1. The molecule has 0 unspecified atom stereocenters. The lowest BCUT2D eigenvalue weighted by Crippen LogP contribution is -2.36. The molecular formula is C20H20N6. The average molecular weight is 344 g/mol. The number of hydrogen-bond donors (Lipinski definition) is 2. The summed E-state index contributed by atoms with van der Waals surface area (Å²) in [4.78, 5) is 4.30. The number of guanidine groups is 1. The summed E-state index contributed by atoms with van der Waals surface area (Å²) in [7, 11) is 1.76. The lowest BCUT2D eigenvalue weighted by atomic mass is 10.0. The van der Waals surface area contributed by atoms with Crippen molar-refractivity contribution >= 4 is 22.4 Å². The van der Waals surface area contributed by atoms with Gasteiger partial charge in [0.15, 0.2) is 17.4 Å². The Balaban J connectivity index is 1.43. The molecule has 0 spiro atoms. The van der Waals surface area contributed by atoms with Crippen molar-refractivity contribution in [3.05, 3.63) is 78.2 Å². The zero-order valence-corrected chi connectivity index (χ0v) is 14.6. The van der Waals surface area contributed by atoms with Crippen LogP contribution in [0.4, 0.5) is 0 Å². The lowest BCUT2D eigenvalue weighted by Gasteiger charge is -2.12. The van der Waals surface area contributed by atoms with Crippen molar-refractivity contribution in [1.29, 1.82) is 0 Å².